The Balaban J connectivity index is 2.32. The van der Waals surface area contributed by atoms with Gasteiger partial charge in [-0.3, -0.25) is 4.90 Å². The molecular weight excluding hydrogens is 284 g/mol. The summed E-state index contributed by atoms with van der Waals surface area (Å²) < 4.78 is 10.2. The Kier molecular flexibility index (Phi) is 4.30. The molecule has 1 aliphatic heterocycles. The monoisotopic (exact) mass is 306 g/mol. The molecule has 22 heavy (non-hydrogen) atoms. The van der Waals surface area contributed by atoms with Crippen molar-refractivity contribution in [2.24, 2.45) is 0 Å². The summed E-state index contributed by atoms with van der Waals surface area (Å²) in [6, 6.07) is 4.81. The molecule has 1 aromatic carbocycles. The van der Waals surface area contributed by atoms with Crippen LogP contribution in [-0.4, -0.2) is 35.7 Å². The van der Waals surface area contributed by atoms with Crippen LogP contribution in [-0.2, 0) is 27.2 Å². The maximum Gasteiger partial charge on any atom is 0.411 e. The SMILES string of the molecule is COC(=O)C1Cc2ccc(N)cc2CN1C(=O)OC(C)(C)C. The fourth-order valence-corrected chi connectivity index (χ4v) is 2.46. The Morgan fingerprint density at radius 3 is 2.55 bits per heavy atom. The number of nitrogen functional groups attached to an aromatic ring is 1. The van der Waals surface area contributed by atoms with Gasteiger partial charge in [0.2, 0.25) is 0 Å². The van der Waals surface area contributed by atoms with Crippen LogP contribution in [0.3, 0.4) is 0 Å². The maximum absolute atomic E-state index is 12.4. The van der Waals surface area contributed by atoms with Crippen molar-refractivity contribution in [2.45, 2.75) is 45.4 Å². The van der Waals surface area contributed by atoms with E-state index in [-0.39, 0.29) is 6.54 Å². The summed E-state index contributed by atoms with van der Waals surface area (Å²) >= 11 is 0. The number of amides is 1. The van der Waals surface area contributed by atoms with E-state index in [1.165, 1.54) is 12.0 Å². The first kappa shape index (κ1) is 16.1. The predicted octanol–water partition coefficient (Wildman–Crippen LogP) is 2.10. The zero-order valence-electron chi connectivity index (χ0n) is 13.4. The lowest BCUT2D eigenvalue weighted by atomic mass is 9.94. The Labute approximate surface area is 130 Å². The number of nitrogens with zero attached hydrogens (tertiary/aromatic N) is 1. The van der Waals surface area contributed by atoms with Crippen LogP contribution in [0.4, 0.5) is 10.5 Å². The van der Waals surface area contributed by atoms with Crippen molar-refractivity contribution in [1.29, 1.82) is 0 Å². The Morgan fingerprint density at radius 1 is 1.27 bits per heavy atom. The number of hydrogen-bond acceptors (Lipinski definition) is 5. The van der Waals surface area contributed by atoms with E-state index in [0.29, 0.717) is 12.1 Å². The van der Waals surface area contributed by atoms with Crippen LogP contribution in [0.15, 0.2) is 18.2 Å². The number of ether oxygens (including phenoxy) is 2. The molecule has 120 valence electrons. The van der Waals surface area contributed by atoms with Crippen LogP contribution in [0.2, 0.25) is 0 Å². The number of nitrogens with two attached hydrogens (primary N) is 1. The Bertz CT molecular complexity index is 592. The van der Waals surface area contributed by atoms with Gasteiger partial charge in [-0.1, -0.05) is 6.07 Å². The molecule has 1 aromatic rings. The number of anilines is 1. The summed E-state index contributed by atoms with van der Waals surface area (Å²) in [6.45, 7) is 5.63. The van der Waals surface area contributed by atoms with Gasteiger partial charge >= 0.3 is 12.1 Å². The Morgan fingerprint density at radius 2 is 1.95 bits per heavy atom. The molecule has 2 rings (SSSR count). The third-order valence-corrected chi connectivity index (χ3v) is 3.46. The molecule has 0 saturated heterocycles. The van der Waals surface area contributed by atoms with Gasteiger partial charge in [-0.25, -0.2) is 9.59 Å². The highest BCUT2D eigenvalue weighted by Crippen LogP contribution is 2.27. The van der Waals surface area contributed by atoms with Gasteiger partial charge in [0.05, 0.1) is 13.7 Å². The number of esters is 1. The zero-order valence-corrected chi connectivity index (χ0v) is 13.4. The summed E-state index contributed by atoms with van der Waals surface area (Å²) in [7, 11) is 1.31. The third-order valence-electron chi connectivity index (χ3n) is 3.46. The van der Waals surface area contributed by atoms with Gasteiger partial charge in [-0.2, -0.15) is 0 Å². The van der Waals surface area contributed by atoms with Crippen molar-refractivity contribution in [3.05, 3.63) is 29.3 Å². The van der Waals surface area contributed by atoms with Gasteiger partial charge in [0.15, 0.2) is 0 Å². The molecular formula is C16H22N2O4. The van der Waals surface area contributed by atoms with Crippen molar-refractivity contribution in [2.75, 3.05) is 12.8 Å². The van der Waals surface area contributed by atoms with Gasteiger partial charge < -0.3 is 15.2 Å². The maximum atomic E-state index is 12.4. The number of rotatable bonds is 1. The molecule has 0 spiro atoms. The quantitative estimate of drug-likeness (QED) is 0.634. The summed E-state index contributed by atoms with van der Waals surface area (Å²) in [4.78, 5) is 25.8. The first-order valence-corrected chi connectivity index (χ1v) is 7.16. The summed E-state index contributed by atoms with van der Waals surface area (Å²) in [6.07, 6.45) is -0.141. The summed E-state index contributed by atoms with van der Waals surface area (Å²) in [5.74, 6) is -0.451. The Hall–Kier alpha value is -2.24. The smallest absolute Gasteiger partial charge is 0.411 e. The average molecular weight is 306 g/mol. The summed E-state index contributed by atoms with van der Waals surface area (Å²) in [5, 5.41) is 0. The number of fused-ring (bicyclic) bond motifs is 1. The lowest BCUT2D eigenvalue weighted by molar-refractivity contribution is -0.147. The molecule has 0 radical (unpaired) electrons. The predicted molar refractivity (Wildman–Crippen MR) is 82.1 cm³/mol. The first-order chi connectivity index (χ1) is 10.2. The average Bonchev–Trinajstić information content (AvgIpc) is 2.43. The van der Waals surface area contributed by atoms with Crippen LogP contribution in [0.5, 0.6) is 0 Å². The molecule has 0 saturated carbocycles. The van der Waals surface area contributed by atoms with E-state index in [2.05, 4.69) is 0 Å². The lowest BCUT2D eigenvalue weighted by Gasteiger charge is -2.36. The third kappa shape index (κ3) is 3.50. The molecule has 1 heterocycles. The van der Waals surface area contributed by atoms with Crippen molar-refractivity contribution in [3.63, 3.8) is 0 Å². The standard InChI is InChI=1S/C16H22N2O4/c1-16(2,3)22-15(20)18-9-11-7-12(17)6-5-10(11)8-13(18)14(19)21-4/h5-7,13H,8-9,17H2,1-4H3. The van der Waals surface area contributed by atoms with Crippen LogP contribution < -0.4 is 5.73 Å². The second-order valence-electron chi connectivity index (χ2n) is 6.38. The zero-order chi connectivity index (χ0) is 16.5. The fraction of sp³-hybridized carbons (Fsp3) is 0.500. The lowest BCUT2D eigenvalue weighted by Crippen LogP contribution is -2.50. The molecule has 0 fully saturated rings. The van der Waals surface area contributed by atoms with Crippen LogP contribution in [0.25, 0.3) is 0 Å². The minimum absolute atomic E-state index is 0.273. The van der Waals surface area contributed by atoms with Gasteiger partial charge in [-0.15, -0.1) is 0 Å². The second-order valence-corrected chi connectivity index (χ2v) is 6.38. The van der Waals surface area contributed by atoms with Crippen molar-refractivity contribution in [1.82, 2.24) is 4.90 Å². The molecule has 6 nitrogen and oxygen atoms in total. The van der Waals surface area contributed by atoms with Crippen molar-refractivity contribution in [3.8, 4) is 0 Å². The molecule has 1 aliphatic rings. The van der Waals surface area contributed by atoms with E-state index < -0.39 is 23.7 Å². The van der Waals surface area contributed by atoms with Gasteiger partial charge in [-0.05, 0) is 44.0 Å². The minimum atomic E-state index is -0.684. The molecule has 6 heteroatoms. The van der Waals surface area contributed by atoms with Gasteiger partial charge in [0.1, 0.15) is 11.6 Å². The van der Waals surface area contributed by atoms with Crippen molar-refractivity contribution >= 4 is 17.7 Å². The number of methoxy groups -OCH3 is 1. The molecule has 1 atom stereocenters. The second kappa shape index (κ2) is 5.87. The fourth-order valence-electron chi connectivity index (χ4n) is 2.46. The topological polar surface area (TPSA) is 81.9 Å². The van der Waals surface area contributed by atoms with Crippen molar-refractivity contribution < 1.29 is 19.1 Å². The highest BCUT2D eigenvalue weighted by atomic mass is 16.6. The van der Waals surface area contributed by atoms with E-state index in [1.54, 1.807) is 26.8 Å². The number of carbonyl (C=O) groups excluding carboxylic acids is 2. The molecule has 2 N–H and O–H groups in total. The highest BCUT2D eigenvalue weighted by molar-refractivity contribution is 5.82. The van der Waals surface area contributed by atoms with E-state index in [9.17, 15) is 9.59 Å². The van der Waals surface area contributed by atoms with E-state index >= 15 is 0 Å². The largest absolute Gasteiger partial charge is 0.467 e. The summed E-state index contributed by atoms with van der Waals surface area (Å²) in [5.41, 5.74) is 7.71. The molecule has 1 amide bonds. The molecule has 0 aromatic heterocycles. The molecule has 1 unspecified atom stereocenters. The first-order valence-electron chi connectivity index (χ1n) is 7.16. The van der Waals surface area contributed by atoms with Crippen LogP contribution in [0, 0.1) is 0 Å². The van der Waals surface area contributed by atoms with Gasteiger partial charge in [0, 0.05) is 12.1 Å². The highest BCUT2D eigenvalue weighted by Gasteiger charge is 2.37. The number of carbonyl (C=O) groups is 2. The van der Waals surface area contributed by atoms with Gasteiger partial charge in [0.25, 0.3) is 0 Å². The normalized spacial score (nSPS) is 17.6. The molecule has 0 aliphatic carbocycles. The van der Waals surface area contributed by atoms with E-state index in [1.807, 2.05) is 12.1 Å². The molecule has 0 bridgehead atoms. The van der Waals surface area contributed by atoms with E-state index in [4.69, 9.17) is 15.2 Å². The number of benzene rings is 1. The number of hydrogen-bond donors (Lipinski definition) is 1. The van der Waals surface area contributed by atoms with Crippen LogP contribution >= 0.6 is 0 Å². The van der Waals surface area contributed by atoms with Crippen LogP contribution in [0.1, 0.15) is 31.9 Å². The van der Waals surface area contributed by atoms with E-state index in [0.717, 1.165) is 11.1 Å². The minimum Gasteiger partial charge on any atom is -0.467 e.